The standard InChI is InChI=1S/C20H37NO3SSi/c1-12-25-17-14(13(2)3)16(24-26(10,11)20(7,8)9)15(21-17)18(22)23-19(4,5)6/h14-16H,2,12H2,1,3-11H3/t14-,15+,16-/m1/s1. The largest absolute Gasteiger partial charge is 0.458 e. The second-order valence-corrected chi connectivity index (χ2v) is 15.6. The molecule has 0 radical (unpaired) electrons. The molecule has 3 atom stereocenters. The summed E-state index contributed by atoms with van der Waals surface area (Å²) in [5, 5.41) is 0.991. The van der Waals surface area contributed by atoms with Crippen LogP contribution < -0.4 is 0 Å². The quantitative estimate of drug-likeness (QED) is 0.351. The number of rotatable bonds is 5. The summed E-state index contributed by atoms with van der Waals surface area (Å²) in [7, 11) is -2.09. The molecule has 1 rings (SSSR count). The predicted molar refractivity (Wildman–Crippen MR) is 116 cm³/mol. The van der Waals surface area contributed by atoms with Crippen LogP contribution in [0.1, 0.15) is 55.4 Å². The topological polar surface area (TPSA) is 47.9 Å². The van der Waals surface area contributed by atoms with Crippen LogP contribution in [-0.2, 0) is 14.0 Å². The van der Waals surface area contributed by atoms with Crippen LogP contribution in [0, 0.1) is 5.92 Å². The minimum Gasteiger partial charge on any atom is -0.458 e. The van der Waals surface area contributed by atoms with Gasteiger partial charge in [-0.3, -0.25) is 4.99 Å². The maximum atomic E-state index is 12.9. The van der Waals surface area contributed by atoms with E-state index < -0.39 is 20.0 Å². The number of carbonyl (C=O) groups is 1. The molecule has 0 N–H and O–H groups in total. The van der Waals surface area contributed by atoms with Gasteiger partial charge < -0.3 is 9.16 Å². The van der Waals surface area contributed by atoms with Crippen LogP contribution >= 0.6 is 11.8 Å². The van der Waals surface area contributed by atoms with Crippen molar-refractivity contribution in [1.29, 1.82) is 0 Å². The first-order valence-corrected chi connectivity index (χ1v) is 13.3. The van der Waals surface area contributed by atoms with Crippen LogP contribution in [0.5, 0.6) is 0 Å². The van der Waals surface area contributed by atoms with Crippen molar-refractivity contribution in [3.63, 3.8) is 0 Å². The van der Waals surface area contributed by atoms with Crippen LogP contribution in [0.2, 0.25) is 18.1 Å². The second-order valence-electron chi connectivity index (χ2n) is 9.55. The Balaban J connectivity index is 3.28. The molecule has 0 saturated heterocycles. The SMILES string of the molecule is C=C(C)[C@H]1C(SCC)=N[C@H](C(=O)OC(C)(C)C)[C@@H]1O[Si](C)(C)C(C)(C)C. The zero-order valence-corrected chi connectivity index (χ0v) is 20.0. The Morgan fingerprint density at radius 1 is 1.23 bits per heavy atom. The van der Waals surface area contributed by atoms with Crippen LogP contribution in [0.4, 0.5) is 0 Å². The summed E-state index contributed by atoms with van der Waals surface area (Å²) < 4.78 is 12.4. The highest BCUT2D eigenvalue weighted by Gasteiger charge is 2.50. The number of nitrogens with zero attached hydrogens (tertiary/aromatic N) is 1. The van der Waals surface area contributed by atoms with Crippen LogP contribution in [-0.4, -0.2) is 42.8 Å². The third kappa shape index (κ3) is 5.70. The Morgan fingerprint density at radius 3 is 2.15 bits per heavy atom. The van der Waals surface area contributed by atoms with Gasteiger partial charge in [0.15, 0.2) is 14.4 Å². The van der Waals surface area contributed by atoms with Crippen molar-refractivity contribution in [3.8, 4) is 0 Å². The Morgan fingerprint density at radius 2 is 1.77 bits per heavy atom. The molecule has 1 aliphatic rings. The highest BCUT2D eigenvalue weighted by atomic mass is 32.2. The minimum absolute atomic E-state index is 0.0474. The molecule has 0 fully saturated rings. The summed E-state index contributed by atoms with van der Waals surface area (Å²) >= 11 is 1.67. The molecule has 0 saturated carbocycles. The van der Waals surface area contributed by atoms with E-state index in [1.54, 1.807) is 11.8 Å². The van der Waals surface area contributed by atoms with Gasteiger partial charge in [-0.15, -0.1) is 11.8 Å². The molecule has 4 nitrogen and oxygen atoms in total. The lowest BCUT2D eigenvalue weighted by molar-refractivity contribution is -0.158. The molecule has 0 aromatic carbocycles. The third-order valence-electron chi connectivity index (χ3n) is 4.88. The van der Waals surface area contributed by atoms with Crippen LogP contribution in [0.3, 0.4) is 0 Å². The predicted octanol–water partition coefficient (Wildman–Crippen LogP) is 5.44. The Kier molecular flexibility index (Phi) is 7.39. The Labute approximate surface area is 165 Å². The molecule has 0 bridgehead atoms. The normalized spacial score (nSPS) is 24.4. The fourth-order valence-electron chi connectivity index (χ4n) is 2.58. The summed E-state index contributed by atoms with van der Waals surface area (Å²) in [6, 6.07) is -0.626. The van der Waals surface area contributed by atoms with E-state index in [4.69, 9.17) is 14.2 Å². The lowest BCUT2D eigenvalue weighted by Gasteiger charge is -2.41. The van der Waals surface area contributed by atoms with Gasteiger partial charge in [-0.25, -0.2) is 4.79 Å². The number of carbonyl (C=O) groups excluding carboxylic acids is 1. The van der Waals surface area contributed by atoms with Crippen molar-refractivity contribution in [2.45, 2.75) is 91.3 Å². The van der Waals surface area contributed by atoms with Crippen molar-refractivity contribution in [2.75, 3.05) is 5.75 Å². The van der Waals surface area contributed by atoms with Gasteiger partial charge in [0.2, 0.25) is 0 Å². The van der Waals surface area contributed by atoms with Gasteiger partial charge in [-0.2, -0.15) is 0 Å². The molecule has 26 heavy (non-hydrogen) atoms. The van der Waals surface area contributed by atoms with Gasteiger partial charge in [0.25, 0.3) is 0 Å². The maximum absolute atomic E-state index is 12.9. The molecule has 0 unspecified atom stereocenters. The summed E-state index contributed by atoms with van der Waals surface area (Å²) in [4.78, 5) is 17.6. The van der Waals surface area contributed by atoms with E-state index in [0.29, 0.717) is 0 Å². The second kappa shape index (κ2) is 8.19. The third-order valence-corrected chi connectivity index (χ3v) is 10.3. The van der Waals surface area contributed by atoms with Gasteiger partial charge in [-0.05, 0) is 51.6 Å². The first-order chi connectivity index (χ1) is 11.6. The van der Waals surface area contributed by atoms with E-state index in [1.807, 2.05) is 27.7 Å². The molecule has 0 spiro atoms. The van der Waals surface area contributed by atoms with E-state index in [-0.39, 0.29) is 23.0 Å². The van der Waals surface area contributed by atoms with E-state index in [2.05, 4.69) is 47.4 Å². The monoisotopic (exact) mass is 399 g/mol. The number of hydrogen-bond acceptors (Lipinski definition) is 5. The highest BCUT2D eigenvalue weighted by molar-refractivity contribution is 8.14. The fourth-order valence-corrected chi connectivity index (χ4v) is 4.88. The molecular formula is C20H37NO3SSi. The lowest BCUT2D eigenvalue weighted by atomic mass is 9.95. The average Bonchev–Trinajstić information content (AvgIpc) is 2.73. The summed E-state index contributed by atoms with van der Waals surface area (Å²) in [5.74, 6) is 0.543. The van der Waals surface area contributed by atoms with Crippen LogP contribution in [0.25, 0.3) is 0 Å². The molecule has 6 heteroatoms. The first kappa shape index (κ1) is 23.4. The molecule has 0 aliphatic carbocycles. The number of thioether (sulfide) groups is 1. The zero-order valence-electron chi connectivity index (χ0n) is 18.2. The molecule has 1 aliphatic heterocycles. The minimum atomic E-state index is -2.09. The average molecular weight is 400 g/mol. The summed E-state index contributed by atoms with van der Waals surface area (Å²) in [5.41, 5.74) is 0.438. The summed E-state index contributed by atoms with van der Waals surface area (Å²) in [6.45, 7) is 24.9. The van der Waals surface area contributed by atoms with Gasteiger partial charge in [0, 0.05) is 0 Å². The van der Waals surface area contributed by atoms with E-state index in [1.165, 1.54) is 0 Å². The van der Waals surface area contributed by atoms with E-state index in [9.17, 15) is 4.79 Å². The van der Waals surface area contributed by atoms with Crippen molar-refractivity contribution in [2.24, 2.45) is 10.9 Å². The van der Waals surface area contributed by atoms with Gasteiger partial charge in [0.1, 0.15) is 5.60 Å². The Bertz CT molecular complexity index is 573. The molecule has 0 amide bonds. The number of esters is 1. The van der Waals surface area contributed by atoms with Gasteiger partial charge >= 0.3 is 5.97 Å². The molecule has 1 heterocycles. The smallest absolute Gasteiger partial charge is 0.334 e. The molecular weight excluding hydrogens is 362 g/mol. The van der Waals surface area contributed by atoms with Crippen molar-refractivity contribution < 1.29 is 14.0 Å². The maximum Gasteiger partial charge on any atom is 0.334 e. The lowest BCUT2D eigenvalue weighted by Crippen LogP contribution is -2.50. The van der Waals surface area contributed by atoms with Crippen molar-refractivity contribution in [3.05, 3.63) is 12.2 Å². The van der Waals surface area contributed by atoms with Crippen molar-refractivity contribution in [1.82, 2.24) is 0 Å². The number of aliphatic imine (C=N–C) groups is 1. The number of ether oxygens (including phenoxy) is 1. The van der Waals surface area contributed by atoms with Crippen LogP contribution in [0.15, 0.2) is 17.1 Å². The van der Waals surface area contributed by atoms with Crippen molar-refractivity contribution >= 4 is 31.1 Å². The molecule has 0 aromatic heterocycles. The zero-order chi connectivity index (χ0) is 20.5. The van der Waals surface area contributed by atoms with E-state index >= 15 is 0 Å². The highest BCUT2D eigenvalue weighted by Crippen LogP contribution is 2.42. The fraction of sp³-hybridized carbons (Fsp3) is 0.800. The first-order valence-electron chi connectivity index (χ1n) is 9.37. The number of hydrogen-bond donors (Lipinski definition) is 0. The van der Waals surface area contributed by atoms with Gasteiger partial charge in [-0.1, -0.05) is 39.8 Å². The Hall–Kier alpha value is -0.593. The summed E-state index contributed by atoms with van der Waals surface area (Å²) in [6.07, 6.45) is -0.336. The van der Waals surface area contributed by atoms with E-state index in [0.717, 1.165) is 16.4 Å². The molecule has 0 aromatic rings. The van der Waals surface area contributed by atoms with Gasteiger partial charge in [0.05, 0.1) is 17.1 Å². The molecule has 150 valence electrons.